The molecular weight excluding hydrogens is 1450 g/mol. The number of aliphatic carboxylic acids is 4. The number of carboxylic acid groups (broad SMARTS) is 4. The third kappa shape index (κ3) is 33.4. The van der Waals surface area contributed by atoms with Crippen LogP contribution < -0.4 is 80.6 Å². The molecule has 0 bridgehead atoms. The predicted octanol–water partition coefficient (Wildman–Crippen LogP) is -4.90. The van der Waals surface area contributed by atoms with Gasteiger partial charge >= 0.3 is 29.8 Å². The minimum absolute atomic E-state index is 0.00686. The summed E-state index contributed by atoms with van der Waals surface area (Å²) in [6.07, 6.45) is 0.402. The number of aromatic amines is 1. The average molecular weight is 1560 g/mol. The number of fused-ring (bicyclic) bond motifs is 1. The maximum absolute atomic E-state index is 14.6. The third-order valence-corrected chi connectivity index (χ3v) is 17.5. The minimum Gasteiger partial charge on any atom is -0.481 e. The molecule has 110 heavy (non-hydrogen) atoms. The number of aliphatic hydroxyl groups excluding tert-OH is 1. The second-order valence-electron chi connectivity index (χ2n) is 26.5. The number of para-hydroxylation sites is 1. The summed E-state index contributed by atoms with van der Waals surface area (Å²) in [5.41, 5.74) is 12.4. The number of primary amides is 1. The van der Waals surface area contributed by atoms with Crippen LogP contribution in [0.25, 0.3) is 10.9 Å². The number of aromatic nitrogens is 1. The van der Waals surface area contributed by atoms with Gasteiger partial charge in [-0.2, -0.15) is 0 Å². The van der Waals surface area contributed by atoms with Crippen LogP contribution in [-0.2, 0) is 102 Å². The van der Waals surface area contributed by atoms with E-state index in [1.807, 2.05) is 10.6 Å². The molecule has 41 nitrogen and oxygen atoms in total. The molecule has 2 aromatic rings. The van der Waals surface area contributed by atoms with Crippen LogP contribution in [0.2, 0.25) is 0 Å². The first-order chi connectivity index (χ1) is 52.0. The second-order valence-corrected chi connectivity index (χ2v) is 26.5. The first-order valence-electron chi connectivity index (χ1n) is 36.1. The number of amides is 14. The number of carboxylic acids is 4. The van der Waals surface area contributed by atoms with Crippen LogP contribution >= 0.6 is 0 Å². The Bertz CT molecular complexity index is 3590. The molecule has 610 valence electrons. The first-order valence-corrected chi connectivity index (χ1v) is 36.1. The molecule has 0 saturated carbocycles. The quantitative estimate of drug-likeness (QED) is 0.0225. The zero-order valence-corrected chi connectivity index (χ0v) is 61.9. The van der Waals surface area contributed by atoms with Crippen LogP contribution in [0.4, 0.5) is 0 Å². The smallest absolute Gasteiger partial charge is 0.329 e. The Hall–Kier alpha value is -11.4. The predicted molar refractivity (Wildman–Crippen MR) is 385 cm³/mol. The number of cyclic esters (lactones) is 1. The van der Waals surface area contributed by atoms with Crippen molar-refractivity contribution in [3.8, 4) is 0 Å². The van der Waals surface area contributed by atoms with Crippen molar-refractivity contribution in [1.29, 1.82) is 0 Å². The number of hydrogen-bond acceptors (Lipinski definition) is 22. The van der Waals surface area contributed by atoms with Crippen molar-refractivity contribution in [3.63, 3.8) is 0 Å². The zero-order chi connectivity index (χ0) is 82.3. The summed E-state index contributed by atoms with van der Waals surface area (Å²) < 4.78 is 5.68. The third-order valence-electron chi connectivity index (χ3n) is 17.5. The number of esters is 1. The van der Waals surface area contributed by atoms with Gasteiger partial charge in [0.05, 0.1) is 45.4 Å². The number of carbonyl (C=O) groups excluding carboxylic acids is 15. The summed E-state index contributed by atoms with van der Waals surface area (Å²) in [6.45, 7) is 3.54. The maximum atomic E-state index is 14.6. The van der Waals surface area contributed by atoms with Crippen LogP contribution in [-0.4, -0.2) is 242 Å². The van der Waals surface area contributed by atoms with Crippen LogP contribution in [0, 0.1) is 5.92 Å². The second kappa shape index (κ2) is 48.1. The lowest BCUT2D eigenvalue weighted by molar-refractivity contribution is -0.157. The molecule has 1 aliphatic rings. The Morgan fingerprint density at radius 2 is 1.07 bits per heavy atom. The van der Waals surface area contributed by atoms with E-state index in [0.29, 0.717) is 29.3 Å². The van der Waals surface area contributed by atoms with Gasteiger partial charge in [0.1, 0.15) is 72.6 Å². The van der Waals surface area contributed by atoms with Crippen molar-refractivity contribution in [2.45, 2.75) is 236 Å². The lowest BCUT2D eigenvalue weighted by Gasteiger charge is -2.30. The van der Waals surface area contributed by atoms with E-state index in [9.17, 15) is 117 Å². The average Bonchev–Trinajstić information content (AvgIpc) is 1.61. The molecule has 0 aliphatic carbocycles. The van der Waals surface area contributed by atoms with Gasteiger partial charge < -0.3 is 116 Å². The monoisotopic (exact) mass is 1560 g/mol. The summed E-state index contributed by atoms with van der Waals surface area (Å²) in [5.74, 6) is -26.8. The van der Waals surface area contributed by atoms with E-state index >= 15 is 0 Å². The fraction of sp³-hybridized carbons (Fsp3) is 0.609. The highest BCUT2D eigenvalue weighted by Crippen LogP contribution is 2.21. The standard InChI is InChI=1S/C69H104N16O25/c1-6-8-9-10-11-12-13-14-22-50(88)76-43(26-38-31-72-40-20-16-15-19-39(38)40)63(103)81-44(27-49(71)87)64(104)83-47(30-56(97)98)66(106)85-58-37(5)110-69(109)57(35(3)7-2)84-62(102)42(23-24-53(91)92)79-67(107)48(34-86)77-52(90)33-73-60(100)45(28-54(93)94)82-61(101)41(21-17-18-25-70)78-65(105)46(29-55(95)96)80-59(99)36(4)75-51(89)32-74-68(58)108/h15-16,19-20,31,35-37,41-48,57-58,72,86H,6-14,17-18,21-30,32-34,70H2,1-5H3,(H2,71,87)(H,73,100)(H,74,108)(H,75,89)(H,76,88)(H,77,90)(H,78,105)(H,79,107)(H,80,99)(H,81,103)(H,82,101)(H,83,104)(H,84,102)(H,85,106)(H,91,92)(H,93,94)(H,95,96)(H,97,98). The number of benzene rings is 1. The fourth-order valence-electron chi connectivity index (χ4n) is 11.2. The molecule has 13 unspecified atom stereocenters. The van der Waals surface area contributed by atoms with E-state index < -0.39 is 249 Å². The van der Waals surface area contributed by atoms with Crippen molar-refractivity contribution < 1.29 is 121 Å². The SMILES string of the molecule is CCCCCCCCCCC(=O)NC(Cc1c[nH]c2ccccc12)C(=O)NC(CC(N)=O)C(=O)NC(CC(=O)O)C(=O)NC1C(=O)NCC(=O)NC(C)C(=O)NC(CC(=O)O)C(=O)NC(CCCCN)C(=O)NC(CC(=O)O)C(=O)NCC(=O)NC(CO)C(=O)NC(CCC(=O)O)C(=O)NC(C(C)CC)C(=O)OC1C. The van der Waals surface area contributed by atoms with Crippen molar-refractivity contribution in [1.82, 2.24) is 74.1 Å². The van der Waals surface area contributed by atoms with Crippen molar-refractivity contribution in [2.75, 3.05) is 26.2 Å². The highest BCUT2D eigenvalue weighted by molar-refractivity contribution is 6.02. The maximum Gasteiger partial charge on any atom is 0.329 e. The summed E-state index contributed by atoms with van der Waals surface area (Å²) >= 11 is 0. The Kier molecular flexibility index (Phi) is 40.6. The molecule has 1 aliphatic heterocycles. The molecule has 3 rings (SSSR count). The topological polar surface area (TPSA) is 659 Å². The molecule has 23 N–H and O–H groups in total. The number of ether oxygens (including phenoxy) is 1. The fourth-order valence-corrected chi connectivity index (χ4v) is 11.2. The summed E-state index contributed by atoms with van der Waals surface area (Å²) in [4.78, 5) is 260. The Morgan fingerprint density at radius 3 is 1.65 bits per heavy atom. The van der Waals surface area contributed by atoms with E-state index in [0.717, 1.165) is 52.4 Å². The molecular formula is C69H104N16O25. The van der Waals surface area contributed by atoms with Gasteiger partial charge in [-0.3, -0.25) is 86.3 Å². The minimum atomic E-state index is -2.30. The highest BCUT2D eigenvalue weighted by atomic mass is 16.5. The lowest BCUT2D eigenvalue weighted by Crippen LogP contribution is -2.61. The molecule has 2 heterocycles. The van der Waals surface area contributed by atoms with Crippen LogP contribution in [0.1, 0.15) is 162 Å². The van der Waals surface area contributed by atoms with Gasteiger partial charge in [-0.25, -0.2) is 4.79 Å². The van der Waals surface area contributed by atoms with Crippen molar-refractivity contribution >= 4 is 123 Å². The molecule has 41 heteroatoms. The number of H-pyrrole nitrogens is 1. The molecule has 1 fully saturated rings. The van der Waals surface area contributed by atoms with E-state index in [1.165, 1.54) is 13.8 Å². The van der Waals surface area contributed by atoms with Crippen molar-refractivity contribution in [3.05, 3.63) is 36.0 Å². The van der Waals surface area contributed by atoms with Crippen LogP contribution in [0.5, 0.6) is 0 Å². The number of nitrogens with one attached hydrogen (secondary N) is 14. The van der Waals surface area contributed by atoms with Gasteiger partial charge in [0, 0.05) is 36.4 Å². The Morgan fingerprint density at radius 1 is 0.545 bits per heavy atom. The first kappa shape index (κ1) is 92.8. The van der Waals surface area contributed by atoms with Crippen molar-refractivity contribution in [2.24, 2.45) is 17.4 Å². The molecule has 1 saturated heterocycles. The van der Waals surface area contributed by atoms with Crippen LogP contribution in [0.3, 0.4) is 0 Å². The number of carbonyl (C=O) groups is 19. The number of aliphatic hydroxyl groups is 1. The summed E-state index contributed by atoms with van der Waals surface area (Å²) in [6, 6.07) is -14.4. The molecule has 13 atom stereocenters. The van der Waals surface area contributed by atoms with Gasteiger partial charge in [-0.1, -0.05) is 90.3 Å². The number of rotatable bonds is 36. The van der Waals surface area contributed by atoms with Gasteiger partial charge in [0.25, 0.3) is 0 Å². The van der Waals surface area contributed by atoms with E-state index in [4.69, 9.17) is 16.2 Å². The molecule has 0 spiro atoms. The summed E-state index contributed by atoms with van der Waals surface area (Å²) in [5, 5.41) is 78.9. The van der Waals surface area contributed by atoms with Gasteiger partial charge in [-0.05, 0) is 70.0 Å². The highest BCUT2D eigenvalue weighted by Gasteiger charge is 2.40. The number of hydrogen-bond donors (Lipinski definition) is 21. The van der Waals surface area contributed by atoms with Gasteiger partial charge in [-0.15, -0.1) is 0 Å². The van der Waals surface area contributed by atoms with Gasteiger partial charge in [0.2, 0.25) is 82.7 Å². The van der Waals surface area contributed by atoms with E-state index in [-0.39, 0.29) is 45.1 Å². The molecule has 14 amide bonds. The Labute approximate surface area is 632 Å². The molecule has 1 aromatic carbocycles. The summed E-state index contributed by atoms with van der Waals surface area (Å²) in [7, 11) is 0. The lowest BCUT2D eigenvalue weighted by atomic mass is 9.98. The molecule has 0 radical (unpaired) electrons. The molecule has 1 aromatic heterocycles. The number of nitrogens with two attached hydrogens (primary N) is 2. The van der Waals surface area contributed by atoms with Gasteiger partial charge in [0.15, 0.2) is 0 Å². The normalized spacial score (nSPS) is 21.7. The largest absolute Gasteiger partial charge is 0.481 e. The van der Waals surface area contributed by atoms with E-state index in [2.05, 4.69) is 70.4 Å². The van der Waals surface area contributed by atoms with E-state index in [1.54, 1.807) is 30.5 Å². The Balaban J connectivity index is 2.16. The van der Waals surface area contributed by atoms with Crippen LogP contribution in [0.15, 0.2) is 30.5 Å². The zero-order valence-electron chi connectivity index (χ0n) is 61.9. The number of unbranched alkanes of at least 4 members (excludes halogenated alkanes) is 8.